The average Bonchev–Trinajstić information content (AvgIpc) is 2.59. The van der Waals surface area contributed by atoms with Crippen molar-refractivity contribution in [2.75, 3.05) is 25.0 Å². The molecule has 3 atom stereocenters. The molecule has 0 saturated heterocycles. The van der Waals surface area contributed by atoms with Crippen LogP contribution in [0.5, 0.6) is 0 Å². The maximum absolute atomic E-state index is 12.3. The smallest absolute Gasteiger partial charge is 0.223 e. The molecular formula is C18H32Cl2N4O2. The Bertz CT molecular complexity index is 534. The summed E-state index contributed by atoms with van der Waals surface area (Å²) >= 11 is 0. The van der Waals surface area contributed by atoms with E-state index < -0.39 is 0 Å². The Morgan fingerprint density at radius 1 is 1.35 bits per heavy atom. The van der Waals surface area contributed by atoms with Crippen LogP contribution in [0.25, 0.3) is 0 Å². The van der Waals surface area contributed by atoms with Crippen molar-refractivity contribution in [2.24, 2.45) is 11.7 Å². The summed E-state index contributed by atoms with van der Waals surface area (Å²) in [6.07, 6.45) is 5.27. The minimum atomic E-state index is -0.0460. The monoisotopic (exact) mass is 406 g/mol. The normalized spacial score (nSPS) is 21.9. The molecule has 150 valence electrons. The second-order valence-electron chi connectivity index (χ2n) is 6.47. The molecule has 0 spiro atoms. The fourth-order valence-electron chi connectivity index (χ4n) is 3.07. The van der Waals surface area contributed by atoms with Crippen LogP contribution >= 0.6 is 24.8 Å². The fourth-order valence-corrected chi connectivity index (χ4v) is 3.07. The molecule has 0 radical (unpaired) electrons. The molecule has 1 amide bonds. The molecular weight excluding hydrogens is 375 g/mol. The van der Waals surface area contributed by atoms with Crippen molar-refractivity contribution in [2.45, 2.75) is 51.7 Å². The Hall–Kier alpha value is -1.08. The van der Waals surface area contributed by atoms with Gasteiger partial charge in [-0.25, -0.2) is 4.98 Å². The number of carbonyl (C=O) groups is 1. The second-order valence-corrected chi connectivity index (χ2v) is 6.47. The number of amides is 1. The molecule has 1 fully saturated rings. The first-order valence-electron chi connectivity index (χ1n) is 8.92. The van der Waals surface area contributed by atoms with Crippen LogP contribution in [0.15, 0.2) is 18.3 Å². The molecule has 0 aliphatic heterocycles. The van der Waals surface area contributed by atoms with Crippen LogP contribution in [0.2, 0.25) is 0 Å². The van der Waals surface area contributed by atoms with Gasteiger partial charge in [0, 0.05) is 37.9 Å². The molecule has 1 aromatic rings. The lowest BCUT2D eigenvalue weighted by atomic mass is 9.83. The number of rotatable bonds is 8. The summed E-state index contributed by atoms with van der Waals surface area (Å²) in [5.41, 5.74) is 7.27. The minimum Gasteiger partial charge on any atom is -0.377 e. The zero-order chi connectivity index (χ0) is 17.4. The highest BCUT2D eigenvalue weighted by atomic mass is 35.5. The maximum atomic E-state index is 12.3. The average molecular weight is 407 g/mol. The van der Waals surface area contributed by atoms with Crippen molar-refractivity contribution in [3.8, 4) is 0 Å². The summed E-state index contributed by atoms with van der Waals surface area (Å²) < 4.78 is 5.76. The molecule has 0 bridgehead atoms. The van der Waals surface area contributed by atoms with Crippen LogP contribution < -0.4 is 16.4 Å². The number of aromatic nitrogens is 1. The van der Waals surface area contributed by atoms with Crippen molar-refractivity contribution in [1.29, 1.82) is 0 Å². The lowest BCUT2D eigenvalue weighted by Gasteiger charge is -2.33. The molecule has 1 heterocycles. The third-order valence-corrected chi connectivity index (χ3v) is 4.47. The second kappa shape index (κ2) is 13.1. The predicted molar refractivity (Wildman–Crippen MR) is 110 cm³/mol. The summed E-state index contributed by atoms with van der Waals surface area (Å²) in [5, 5.41) is 6.23. The Labute approximate surface area is 168 Å². The number of aryl methyl sites for hydroxylation is 1. The van der Waals surface area contributed by atoms with Gasteiger partial charge in [-0.05, 0) is 44.2 Å². The highest BCUT2D eigenvalue weighted by molar-refractivity contribution is 5.85. The number of halogens is 2. The zero-order valence-electron chi connectivity index (χ0n) is 15.6. The lowest BCUT2D eigenvalue weighted by molar-refractivity contribution is -0.127. The zero-order valence-corrected chi connectivity index (χ0v) is 17.2. The van der Waals surface area contributed by atoms with Gasteiger partial charge in [0.1, 0.15) is 5.82 Å². The van der Waals surface area contributed by atoms with E-state index in [1.807, 2.05) is 19.1 Å². The van der Waals surface area contributed by atoms with Crippen LogP contribution in [0.1, 0.15) is 38.2 Å². The van der Waals surface area contributed by atoms with Gasteiger partial charge < -0.3 is 21.1 Å². The van der Waals surface area contributed by atoms with E-state index in [9.17, 15) is 4.79 Å². The van der Waals surface area contributed by atoms with E-state index in [0.29, 0.717) is 19.5 Å². The van der Waals surface area contributed by atoms with Crippen molar-refractivity contribution < 1.29 is 9.53 Å². The van der Waals surface area contributed by atoms with Gasteiger partial charge in [0.05, 0.1) is 6.10 Å². The van der Waals surface area contributed by atoms with Crippen molar-refractivity contribution in [3.05, 3.63) is 23.9 Å². The quantitative estimate of drug-likeness (QED) is 0.577. The van der Waals surface area contributed by atoms with Gasteiger partial charge in [-0.2, -0.15) is 0 Å². The number of nitrogens with zero attached hydrogens (tertiary/aromatic N) is 1. The van der Waals surface area contributed by atoms with E-state index in [-0.39, 0.29) is 48.8 Å². The number of ether oxygens (including phenoxy) is 1. The fraction of sp³-hybridized carbons (Fsp3) is 0.667. The van der Waals surface area contributed by atoms with Crippen LogP contribution in [-0.2, 0) is 9.53 Å². The lowest BCUT2D eigenvalue weighted by Crippen LogP contribution is -2.46. The van der Waals surface area contributed by atoms with E-state index in [0.717, 1.165) is 37.3 Å². The van der Waals surface area contributed by atoms with Gasteiger partial charge >= 0.3 is 0 Å². The molecule has 1 saturated carbocycles. The Balaban J connectivity index is 0.00000312. The standard InChI is InChI=1S/C18H30N4O2.2ClH/c1-3-11-24-16-7-6-14(12-15(16)19)18(23)22-10-9-21-17-13(2)5-4-8-20-17;;/h4-5,8,14-16H,3,6-7,9-12,19H2,1-2H3,(H,20,21)(H,22,23);2*1H/t14-,15+,16+;;/m0../s1. The summed E-state index contributed by atoms with van der Waals surface area (Å²) in [6, 6.07) is 3.87. The molecule has 1 aromatic heterocycles. The Morgan fingerprint density at radius 3 is 2.77 bits per heavy atom. The van der Waals surface area contributed by atoms with E-state index in [4.69, 9.17) is 10.5 Å². The highest BCUT2D eigenvalue weighted by Crippen LogP contribution is 2.25. The Kier molecular flexibility index (Phi) is 12.6. The van der Waals surface area contributed by atoms with Crippen LogP contribution in [-0.4, -0.2) is 42.7 Å². The molecule has 4 N–H and O–H groups in total. The van der Waals surface area contributed by atoms with Gasteiger partial charge in [-0.3, -0.25) is 4.79 Å². The highest BCUT2D eigenvalue weighted by Gasteiger charge is 2.32. The van der Waals surface area contributed by atoms with Gasteiger partial charge in [0.25, 0.3) is 0 Å². The number of nitrogens with one attached hydrogen (secondary N) is 2. The summed E-state index contributed by atoms with van der Waals surface area (Å²) in [6.45, 7) is 6.08. The number of hydrogen-bond donors (Lipinski definition) is 3. The molecule has 8 heteroatoms. The topological polar surface area (TPSA) is 89.3 Å². The van der Waals surface area contributed by atoms with E-state index in [1.54, 1.807) is 6.20 Å². The molecule has 0 unspecified atom stereocenters. The first kappa shape index (κ1) is 24.9. The van der Waals surface area contributed by atoms with Crippen molar-refractivity contribution in [3.63, 3.8) is 0 Å². The van der Waals surface area contributed by atoms with E-state index in [1.165, 1.54) is 0 Å². The number of pyridine rings is 1. The van der Waals surface area contributed by atoms with Crippen LogP contribution in [0, 0.1) is 12.8 Å². The SMILES string of the molecule is CCCO[C@@H]1CC[C@H](C(=O)NCCNc2ncccc2C)C[C@H]1N.Cl.Cl. The number of nitrogens with two attached hydrogens (primary N) is 1. The molecule has 26 heavy (non-hydrogen) atoms. The van der Waals surface area contributed by atoms with Gasteiger partial charge in [-0.1, -0.05) is 13.0 Å². The first-order valence-corrected chi connectivity index (χ1v) is 8.92. The molecule has 0 aromatic carbocycles. The van der Waals surface area contributed by atoms with Gasteiger partial charge in [-0.15, -0.1) is 24.8 Å². The molecule has 6 nitrogen and oxygen atoms in total. The molecule has 1 aliphatic rings. The predicted octanol–water partition coefficient (Wildman–Crippen LogP) is 2.68. The maximum Gasteiger partial charge on any atom is 0.223 e. The number of anilines is 1. The largest absolute Gasteiger partial charge is 0.377 e. The van der Waals surface area contributed by atoms with Crippen molar-refractivity contribution in [1.82, 2.24) is 10.3 Å². The van der Waals surface area contributed by atoms with Gasteiger partial charge in [0.15, 0.2) is 0 Å². The summed E-state index contributed by atoms with van der Waals surface area (Å²) in [5.74, 6) is 0.958. The molecule has 1 aliphatic carbocycles. The van der Waals surface area contributed by atoms with Gasteiger partial charge in [0.2, 0.25) is 5.91 Å². The summed E-state index contributed by atoms with van der Waals surface area (Å²) in [4.78, 5) is 16.6. The number of carbonyl (C=O) groups excluding carboxylic acids is 1. The third kappa shape index (κ3) is 7.66. The summed E-state index contributed by atoms with van der Waals surface area (Å²) in [7, 11) is 0. The minimum absolute atomic E-state index is 0. The number of hydrogen-bond acceptors (Lipinski definition) is 5. The Morgan fingerprint density at radius 2 is 2.12 bits per heavy atom. The third-order valence-electron chi connectivity index (χ3n) is 4.47. The first-order chi connectivity index (χ1) is 11.6. The molecule has 2 rings (SSSR count). The van der Waals surface area contributed by atoms with E-state index in [2.05, 4.69) is 22.5 Å². The van der Waals surface area contributed by atoms with Crippen molar-refractivity contribution >= 4 is 36.5 Å². The van der Waals surface area contributed by atoms with Crippen LogP contribution in [0.4, 0.5) is 5.82 Å². The van der Waals surface area contributed by atoms with E-state index >= 15 is 0 Å². The van der Waals surface area contributed by atoms with Crippen LogP contribution in [0.3, 0.4) is 0 Å².